The van der Waals surface area contributed by atoms with E-state index in [2.05, 4.69) is 9.97 Å². The molecule has 4 heterocycles. The molecule has 0 radical (unpaired) electrons. The Bertz CT molecular complexity index is 1230. The zero-order valence-corrected chi connectivity index (χ0v) is 17.6. The third-order valence-electron chi connectivity index (χ3n) is 5.59. The minimum Gasteiger partial charge on any atom is -0.485 e. The summed E-state index contributed by atoms with van der Waals surface area (Å²) in [5.74, 6) is 0.910. The number of hydrogen-bond donors (Lipinski definition) is 1. The molecule has 0 unspecified atom stereocenters. The number of fused-ring (bicyclic) bond motifs is 2. The van der Waals surface area contributed by atoms with E-state index in [9.17, 15) is 14.4 Å². The highest BCUT2D eigenvalue weighted by Gasteiger charge is 2.34. The first-order chi connectivity index (χ1) is 15.0. The van der Waals surface area contributed by atoms with Gasteiger partial charge >= 0.3 is 0 Å². The first-order valence-electron chi connectivity index (χ1n) is 9.96. The van der Waals surface area contributed by atoms with E-state index in [1.807, 2.05) is 12.1 Å². The van der Waals surface area contributed by atoms with Crippen molar-refractivity contribution in [2.45, 2.75) is 13.0 Å². The molecule has 9 nitrogen and oxygen atoms in total. The molecule has 5 rings (SSSR count). The number of carbonyl (C=O) groups is 2. The van der Waals surface area contributed by atoms with Crippen LogP contribution in [0.3, 0.4) is 0 Å². The third-order valence-corrected chi connectivity index (χ3v) is 6.78. The maximum atomic E-state index is 13.1. The van der Waals surface area contributed by atoms with Crippen LogP contribution >= 0.6 is 11.3 Å². The second kappa shape index (κ2) is 7.69. The number of rotatable bonds is 2. The fourth-order valence-electron chi connectivity index (χ4n) is 3.90. The number of benzene rings is 1. The monoisotopic (exact) mass is 440 g/mol. The van der Waals surface area contributed by atoms with Crippen LogP contribution in [-0.4, -0.2) is 70.5 Å². The van der Waals surface area contributed by atoms with Crippen LogP contribution in [0.4, 0.5) is 0 Å². The van der Waals surface area contributed by atoms with Crippen LogP contribution in [0.15, 0.2) is 35.4 Å². The van der Waals surface area contributed by atoms with Crippen LogP contribution in [0.5, 0.6) is 11.5 Å². The van der Waals surface area contributed by atoms with Gasteiger partial charge in [0.25, 0.3) is 17.4 Å². The van der Waals surface area contributed by atoms with E-state index < -0.39 is 6.10 Å². The maximum Gasteiger partial charge on any atom is 0.267 e. The molecule has 31 heavy (non-hydrogen) atoms. The van der Waals surface area contributed by atoms with Crippen molar-refractivity contribution in [2.75, 3.05) is 32.8 Å². The van der Waals surface area contributed by atoms with Gasteiger partial charge in [0, 0.05) is 26.2 Å². The van der Waals surface area contributed by atoms with Gasteiger partial charge in [-0.3, -0.25) is 14.4 Å². The SMILES string of the molecule is Cc1c(C(=O)N2CCN(C(=O)[C@H]3COc4ccccc4O3)CC2)sc2nc[nH]c(=O)c12. The molecule has 0 aliphatic carbocycles. The van der Waals surface area contributed by atoms with Crippen LogP contribution in [-0.2, 0) is 4.79 Å². The smallest absolute Gasteiger partial charge is 0.267 e. The van der Waals surface area contributed by atoms with Crippen LogP contribution < -0.4 is 15.0 Å². The van der Waals surface area contributed by atoms with Crippen molar-refractivity contribution in [3.8, 4) is 11.5 Å². The van der Waals surface area contributed by atoms with Gasteiger partial charge in [0.2, 0.25) is 6.10 Å². The Morgan fingerprint density at radius 1 is 1.13 bits per heavy atom. The van der Waals surface area contributed by atoms with E-state index in [0.717, 1.165) is 0 Å². The molecular formula is C21H20N4O5S. The molecular weight excluding hydrogens is 420 g/mol. The van der Waals surface area contributed by atoms with Crippen molar-refractivity contribution in [3.05, 3.63) is 51.4 Å². The number of thiophene rings is 1. The molecule has 0 spiro atoms. The van der Waals surface area contributed by atoms with Crippen molar-refractivity contribution in [1.82, 2.24) is 19.8 Å². The molecule has 2 amide bonds. The summed E-state index contributed by atoms with van der Waals surface area (Å²) in [6, 6.07) is 7.27. The van der Waals surface area contributed by atoms with Crippen LogP contribution in [0, 0.1) is 6.92 Å². The highest BCUT2D eigenvalue weighted by Crippen LogP contribution is 2.31. The standard InChI is InChI=1S/C21H20N4O5S/c1-12-16-18(26)22-11-23-19(16)31-17(12)21(28)25-8-6-24(7-9-25)20(27)15-10-29-13-4-2-3-5-14(13)30-15/h2-5,11,15H,6-10H2,1H3,(H,22,23,26)/t15-/m1/s1. The topological polar surface area (TPSA) is 105 Å². The molecule has 1 saturated heterocycles. The van der Waals surface area contributed by atoms with Crippen molar-refractivity contribution < 1.29 is 19.1 Å². The normalized spacial score (nSPS) is 18.3. The lowest BCUT2D eigenvalue weighted by Gasteiger charge is -2.37. The summed E-state index contributed by atoms with van der Waals surface area (Å²) in [6.45, 7) is 3.57. The molecule has 160 valence electrons. The van der Waals surface area contributed by atoms with Gasteiger partial charge in [-0.25, -0.2) is 4.98 Å². The molecule has 0 saturated carbocycles. The van der Waals surface area contributed by atoms with Crippen molar-refractivity contribution >= 4 is 33.4 Å². The number of nitrogens with zero attached hydrogens (tertiary/aromatic N) is 3. The number of aromatic amines is 1. The molecule has 1 fully saturated rings. The molecule has 3 aromatic rings. The first-order valence-corrected chi connectivity index (χ1v) is 10.8. The predicted octanol–water partition coefficient (Wildman–Crippen LogP) is 1.42. The minimum absolute atomic E-state index is 0.141. The summed E-state index contributed by atoms with van der Waals surface area (Å²) in [7, 11) is 0. The average molecular weight is 440 g/mol. The summed E-state index contributed by atoms with van der Waals surface area (Å²) in [5.41, 5.74) is 0.397. The number of H-pyrrole nitrogens is 1. The van der Waals surface area contributed by atoms with Gasteiger partial charge in [0.05, 0.1) is 16.6 Å². The number of aromatic nitrogens is 2. The Hall–Kier alpha value is -3.40. The first kappa shape index (κ1) is 19.6. The third kappa shape index (κ3) is 3.42. The zero-order chi connectivity index (χ0) is 21.5. The fourth-order valence-corrected chi connectivity index (χ4v) is 5.02. The van der Waals surface area contributed by atoms with Gasteiger partial charge in [-0.1, -0.05) is 12.1 Å². The largest absolute Gasteiger partial charge is 0.485 e. The predicted molar refractivity (Wildman–Crippen MR) is 114 cm³/mol. The molecule has 2 aliphatic heterocycles. The highest BCUT2D eigenvalue weighted by atomic mass is 32.1. The Morgan fingerprint density at radius 3 is 2.58 bits per heavy atom. The summed E-state index contributed by atoms with van der Waals surface area (Å²) in [6.07, 6.45) is 0.647. The van der Waals surface area contributed by atoms with Gasteiger partial charge in [0.15, 0.2) is 11.5 Å². The van der Waals surface area contributed by atoms with Crippen LogP contribution in [0.2, 0.25) is 0 Å². The fraction of sp³-hybridized carbons (Fsp3) is 0.333. The van der Waals surface area contributed by atoms with E-state index in [-0.39, 0.29) is 24.0 Å². The number of para-hydroxylation sites is 2. The van der Waals surface area contributed by atoms with Crippen molar-refractivity contribution in [1.29, 1.82) is 0 Å². The number of amides is 2. The quantitative estimate of drug-likeness (QED) is 0.646. The number of piperazine rings is 1. The lowest BCUT2D eigenvalue weighted by Crippen LogP contribution is -2.55. The maximum absolute atomic E-state index is 13.1. The van der Waals surface area contributed by atoms with Crippen LogP contribution in [0.25, 0.3) is 10.2 Å². The van der Waals surface area contributed by atoms with E-state index in [4.69, 9.17) is 9.47 Å². The van der Waals surface area contributed by atoms with E-state index in [0.29, 0.717) is 58.3 Å². The molecule has 1 aromatic carbocycles. The van der Waals surface area contributed by atoms with Crippen LogP contribution in [0.1, 0.15) is 15.2 Å². The van der Waals surface area contributed by atoms with Gasteiger partial charge in [-0.15, -0.1) is 11.3 Å². The number of carbonyl (C=O) groups excluding carboxylic acids is 2. The summed E-state index contributed by atoms with van der Waals surface area (Å²) in [5, 5.41) is 0.458. The average Bonchev–Trinajstić information content (AvgIpc) is 3.15. The van der Waals surface area contributed by atoms with Gasteiger partial charge in [-0.05, 0) is 24.6 Å². The van der Waals surface area contributed by atoms with Gasteiger partial charge in [-0.2, -0.15) is 0 Å². The minimum atomic E-state index is -0.695. The second-order valence-electron chi connectivity index (χ2n) is 7.45. The van der Waals surface area contributed by atoms with E-state index in [1.165, 1.54) is 17.7 Å². The molecule has 10 heteroatoms. The molecule has 1 atom stereocenters. The molecule has 2 aliphatic rings. The summed E-state index contributed by atoms with van der Waals surface area (Å²) in [4.78, 5) is 49.2. The molecule has 1 N–H and O–H groups in total. The lowest BCUT2D eigenvalue weighted by atomic mass is 10.2. The number of nitrogens with one attached hydrogen (secondary N) is 1. The Labute approximate surface area is 181 Å². The second-order valence-corrected chi connectivity index (χ2v) is 8.45. The van der Waals surface area contributed by atoms with Gasteiger partial charge in [0.1, 0.15) is 11.4 Å². The number of ether oxygens (including phenoxy) is 2. The summed E-state index contributed by atoms with van der Waals surface area (Å²) >= 11 is 1.22. The Morgan fingerprint density at radius 2 is 1.84 bits per heavy atom. The summed E-state index contributed by atoms with van der Waals surface area (Å²) < 4.78 is 11.5. The Kier molecular flexibility index (Phi) is 4.85. The lowest BCUT2D eigenvalue weighted by molar-refractivity contribution is -0.142. The van der Waals surface area contributed by atoms with E-state index >= 15 is 0 Å². The van der Waals surface area contributed by atoms with Crippen molar-refractivity contribution in [2.24, 2.45) is 0 Å². The molecule has 2 aromatic heterocycles. The zero-order valence-electron chi connectivity index (χ0n) is 16.8. The van der Waals surface area contributed by atoms with Crippen molar-refractivity contribution in [3.63, 3.8) is 0 Å². The Balaban J connectivity index is 1.25. The highest BCUT2D eigenvalue weighted by molar-refractivity contribution is 7.20. The molecule has 0 bridgehead atoms. The number of hydrogen-bond acceptors (Lipinski definition) is 7. The number of aryl methyl sites for hydroxylation is 1. The van der Waals surface area contributed by atoms with E-state index in [1.54, 1.807) is 28.9 Å². The van der Waals surface area contributed by atoms with Gasteiger partial charge < -0.3 is 24.3 Å².